The average Bonchev–Trinajstić information content (AvgIpc) is 2.04. The van der Waals surface area contributed by atoms with Gasteiger partial charge in [0.15, 0.2) is 0 Å². The lowest BCUT2D eigenvalue weighted by atomic mass is 9.96. The van der Waals surface area contributed by atoms with Crippen molar-refractivity contribution in [1.82, 2.24) is 0 Å². The number of phenolic OH excluding ortho intramolecular Hbond substituents is 2. The van der Waals surface area contributed by atoms with Crippen molar-refractivity contribution in [3.8, 4) is 11.5 Å². The third-order valence-electron chi connectivity index (χ3n) is 2.10. The summed E-state index contributed by atoms with van der Waals surface area (Å²) in [6, 6.07) is 3.06. The molecule has 1 aromatic carbocycles. The van der Waals surface area contributed by atoms with Crippen LogP contribution in [-0.2, 0) is 6.42 Å². The Morgan fingerprint density at radius 3 is 2.83 bits per heavy atom. The molecule has 0 aliphatic heterocycles. The van der Waals surface area contributed by atoms with E-state index in [1.165, 1.54) is 6.07 Å². The molecule has 0 atom stereocenters. The molecule has 2 nitrogen and oxygen atoms in total. The molecule has 1 aliphatic carbocycles. The van der Waals surface area contributed by atoms with Crippen LogP contribution >= 0.6 is 0 Å². The maximum atomic E-state index is 9.44. The minimum absolute atomic E-state index is 0.123. The lowest BCUT2D eigenvalue weighted by molar-refractivity contribution is 0.445. The van der Waals surface area contributed by atoms with Gasteiger partial charge in [0.05, 0.1) is 0 Å². The van der Waals surface area contributed by atoms with Gasteiger partial charge in [0, 0.05) is 11.6 Å². The summed E-state index contributed by atoms with van der Waals surface area (Å²) in [6.07, 6.45) is 5.79. The van der Waals surface area contributed by atoms with Crippen molar-refractivity contribution < 1.29 is 10.2 Å². The molecule has 12 heavy (non-hydrogen) atoms. The van der Waals surface area contributed by atoms with E-state index >= 15 is 0 Å². The van der Waals surface area contributed by atoms with Gasteiger partial charge in [0.25, 0.3) is 0 Å². The van der Waals surface area contributed by atoms with E-state index in [0.717, 1.165) is 24.0 Å². The Hall–Kier alpha value is -1.44. The third-order valence-corrected chi connectivity index (χ3v) is 2.10. The first-order chi connectivity index (χ1) is 5.77. The summed E-state index contributed by atoms with van der Waals surface area (Å²) in [6.45, 7) is 0. The van der Waals surface area contributed by atoms with Crippen LogP contribution < -0.4 is 0 Å². The zero-order valence-corrected chi connectivity index (χ0v) is 6.62. The molecule has 0 spiro atoms. The Kier molecular flexibility index (Phi) is 1.54. The molecule has 0 radical (unpaired) electrons. The molecule has 0 fully saturated rings. The summed E-state index contributed by atoms with van der Waals surface area (Å²) in [5, 5.41) is 18.6. The largest absolute Gasteiger partial charge is 0.508 e. The van der Waals surface area contributed by atoms with Crippen molar-refractivity contribution in [2.75, 3.05) is 0 Å². The summed E-state index contributed by atoms with van der Waals surface area (Å²) >= 11 is 0. The SMILES string of the molecule is Oc1cc(O)c2c(c1)C=CCC2. The number of allylic oxidation sites excluding steroid dienone is 1. The van der Waals surface area contributed by atoms with Crippen LogP contribution in [0.4, 0.5) is 0 Å². The van der Waals surface area contributed by atoms with Crippen LogP contribution in [-0.4, -0.2) is 10.2 Å². The molecule has 0 aromatic heterocycles. The van der Waals surface area contributed by atoms with E-state index < -0.39 is 0 Å². The van der Waals surface area contributed by atoms with E-state index in [4.69, 9.17) is 0 Å². The first-order valence-corrected chi connectivity index (χ1v) is 3.99. The third kappa shape index (κ3) is 1.05. The van der Waals surface area contributed by atoms with Gasteiger partial charge in [-0.3, -0.25) is 0 Å². The molecule has 1 aliphatic rings. The van der Waals surface area contributed by atoms with Crippen LogP contribution in [0.3, 0.4) is 0 Å². The van der Waals surface area contributed by atoms with Crippen molar-refractivity contribution in [3.63, 3.8) is 0 Å². The maximum absolute atomic E-state index is 9.44. The fourth-order valence-corrected chi connectivity index (χ4v) is 1.52. The van der Waals surface area contributed by atoms with Gasteiger partial charge >= 0.3 is 0 Å². The lowest BCUT2D eigenvalue weighted by Gasteiger charge is -2.11. The topological polar surface area (TPSA) is 40.5 Å². The molecule has 0 unspecified atom stereocenters. The maximum Gasteiger partial charge on any atom is 0.123 e. The van der Waals surface area contributed by atoms with Crippen molar-refractivity contribution in [1.29, 1.82) is 0 Å². The Bertz CT molecular complexity index is 340. The van der Waals surface area contributed by atoms with E-state index in [0.29, 0.717) is 0 Å². The lowest BCUT2D eigenvalue weighted by Crippen LogP contribution is -1.93. The summed E-state index contributed by atoms with van der Waals surface area (Å²) in [4.78, 5) is 0. The number of fused-ring (bicyclic) bond motifs is 1. The molecule has 2 heteroatoms. The first kappa shape index (κ1) is 7.22. The van der Waals surface area contributed by atoms with Gasteiger partial charge in [0.2, 0.25) is 0 Å². The second kappa shape index (κ2) is 2.55. The number of hydrogen-bond acceptors (Lipinski definition) is 2. The predicted molar refractivity (Wildman–Crippen MR) is 47.1 cm³/mol. The van der Waals surface area contributed by atoms with E-state index in [-0.39, 0.29) is 11.5 Å². The van der Waals surface area contributed by atoms with Crippen molar-refractivity contribution in [2.24, 2.45) is 0 Å². The first-order valence-electron chi connectivity index (χ1n) is 3.99. The second-order valence-electron chi connectivity index (χ2n) is 2.97. The van der Waals surface area contributed by atoms with Crippen molar-refractivity contribution in [2.45, 2.75) is 12.8 Å². The quantitative estimate of drug-likeness (QED) is 0.613. The van der Waals surface area contributed by atoms with Gasteiger partial charge in [-0.15, -0.1) is 0 Å². The fraction of sp³-hybridized carbons (Fsp3) is 0.200. The van der Waals surface area contributed by atoms with Crippen LogP contribution in [0.5, 0.6) is 11.5 Å². The molecule has 1 aromatic rings. The standard InChI is InChI=1S/C10H10O2/c11-8-5-7-3-1-2-4-9(7)10(12)6-8/h1,3,5-6,11-12H,2,4H2. The highest BCUT2D eigenvalue weighted by Gasteiger charge is 2.10. The zero-order chi connectivity index (χ0) is 8.55. The highest BCUT2D eigenvalue weighted by Crippen LogP contribution is 2.31. The monoisotopic (exact) mass is 162 g/mol. The van der Waals surface area contributed by atoms with Crippen molar-refractivity contribution >= 4 is 6.08 Å². The van der Waals surface area contributed by atoms with E-state index in [2.05, 4.69) is 0 Å². The summed E-state index contributed by atoms with van der Waals surface area (Å²) in [7, 11) is 0. The van der Waals surface area contributed by atoms with E-state index in [9.17, 15) is 10.2 Å². The molecule has 0 saturated carbocycles. The van der Waals surface area contributed by atoms with Gasteiger partial charge < -0.3 is 10.2 Å². The Morgan fingerprint density at radius 1 is 1.17 bits per heavy atom. The normalized spacial score (nSPS) is 14.3. The minimum atomic E-state index is 0.123. The Labute approximate surface area is 70.8 Å². The van der Waals surface area contributed by atoms with Crippen LogP contribution in [0.25, 0.3) is 6.08 Å². The van der Waals surface area contributed by atoms with Gasteiger partial charge in [-0.25, -0.2) is 0 Å². The molecule has 0 bridgehead atoms. The number of phenols is 2. The molecule has 62 valence electrons. The zero-order valence-electron chi connectivity index (χ0n) is 6.62. The van der Waals surface area contributed by atoms with Gasteiger partial charge in [-0.05, 0) is 24.5 Å². The van der Waals surface area contributed by atoms with Gasteiger partial charge in [-0.1, -0.05) is 12.2 Å². The molecular weight excluding hydrogens is 152 g/mol. The Balaban J connectivity index is 2.62. The number of aromatic hydroxyl groups is 2. The molecule has 2 rings (SSSR count). The van der Waals surface area contributed by atoms with E-state index in [1.54, 1.807) is 6.07 Å². The Morgan fingerprint density at radius 2 is 2.00 bits per heavy atom. The van der Waals surface area contributed by atoms with Crippen LogP contribution in [0.2, 0.25) is 0 Å². The smallest absolute Gasteiger partial charge is 0.123 e. The molecule has 2 N–H and O–H groups in total. The molecule has 0 heterocycles. The minimum Gasteiger partial charge on any atom is -0.508 e. The number of benzene rings is 1. The van der Waals surface area contributed by atoms with Crippen LogP contribution in [0.15, 0.2) is 18.2 Å². The average molecular weight is 162 g/mol. The summed E-state index contributed by atoms with van der Waals surface area (Å²) in [5.74, 6) is 0.326. The molecule has 0 amide bonds. The van der Waals surface area contributed by atoms with Crippen LogP contribution in [0, 0.1) is 0 Å². The number of rotatable bonds is 0. The van der Waals surface area contributed by atoms with Crippen molar-refractivity contribution in [3.05, 3.63) is 29.3 Å². The highest BCUT2D eigenvalue weighted by molar-refractivity contribution is 5.62. The second-order valence-corrected chi connectivity index (χ2v) is 2.97. The predicted octanol–water partition coefficient (Wildman–Crippen LogP) is 2.06. The number of hydrogen-bond donors (Lipinski definition) is 2. The van der Waals surface area contributed by atoms with Gasteiger partial charge in [0.1, 0.15) is 11.5 Å². The summed E-state index contributed by atoms with van der Waals surface area (Å²) in [5.41, 5.74) is 1.87. The van der Waals surface area contributed by atoms with Gasteiger partial charge in [-0.2, -0.15) is 0 Å². The highest BCUT2D eigenvalue weighted by atomic mass is 16.3. The van der Waals surface area contributed by atoms with E-state index in [1.807, 2.05) is 12.2 Å². The summed E-state index contributed by atoms with van der Waals surface area (Å²) < 4.78 is 0. The molecular formula is C10H10O2. The molecule has 0 saturated heterocycles. The fourth-order valence-electron chi connectivity index (χ4n) is 1.52. The van der Waals surface area contributed by atoms with Crippen LogP contribution in [0.1, 0.15) is 17.5 Å².